The fourth-order valence-corrected chi connectivity index (χ4v) is 3.61. The van der Waals surface area contributed by atoms with Gasteiger partial charge in [0, 0.05) is 12.7 Å². The lowest BCUT2D eigenvalue weighted by atomic mass is 10.2. The van der Waals surface area contributed by atoms with Crippen LogP contribution in [0.25, 0.3) is 11.0 Å². The summed E-state index contributed by atoms with van der Waals surface area (Å²) in [6.45, 7) is 1.84. The Labute approximate surface area is 180 Å². The minimum atomic E-state index is -0.342. The molecule has 152 valence electrons. The van der Waals surface area contributed by atoms with Crippen LogP contribution in [0.5, 0.6) is 11.5 Å². The van der Waals surface area contributed by atoms with Crippen molar-refractivity contribution >= 4 is 38.6 Å². The van der Waals surface area contributed by atoms with E-state index in [1.165, 1.54) is 15.6 Å². The number of nitrogens with one attached hydrogen (secondary N) is 1. The SMILES string of the molecule is Cc1cccc(Oc2ccc(NC(=O)Cn3cnc4c(c(Br)nn4C)c3=O)cc2)c1. The molecule has 0 aliphatic rings. The second-order valence-electron chi connectivity index (χ2n) is 6.78. The first kappa shape index (κ1) is 19.8. The average Bonchev–Trinajstić information content (AvgIpc) is 3.00. The van der Waals surface area contributed by atoms with E-state index in [0.717, 1.165) is 11.3 Å². The van der Waals surface area contributed by atoms with Crippen LogP contribution in [-0.2, 0) is 18.4 Å². The normalized spacial score (nSPS) is 10.9. The van der Waals surface area contributed by atoms with Gasteiger partial charge in [0.15, 0.2) is 5.65 Å². The van der Waals surface area contributed by atoms with Gasteiger partial charge in [-0.2, -0.15) is 5.10 Å². The molecule has 2 aromatic carbocycles. The Hall–Kier alpha value is -3.46. The van der Waals surface area contributed by atoms with Crippen molar-refractivity contribution in [2.24, 2.45) is 7.05 Å². The highest BCUT2D eigenvalue weighted by atomic mass is 79.9. The van der Waals surface area contributed by atoms with Gasteiger partial charge in [-0.25, -0.2) is 9.67 Å². The number of carbonyl (C=O) groups excluding carboxylic acids is 1. The van der Waals surface area contributed by atoms with E-state index in [0.29, 0.717) is 27.1 Å². The van der Waals surface area contributed by atoms with Crippen LogP contribution >= 0.6 is 15.9 Å². The zero-order valence-electron chi connectivity index (χ0n) is 16.3. The standard InChI is InChI=1S/C21H18BrN5O3/c1-13-4-3-5-16(10-13)30-15-8-6-14(7-9-15)24-17(28)11-27-12-23-20-18(21(27)29)19(22)25-26(20)2/h3-10,12H,11H2,1-2H3,(H,24,28). The molecule has 1 N–H and O–H groups in total. The molecule has 0 atom stereocenters. The van der Waals surface area contributed by atoms with Crippen LogP contribution < -0.4 is 15.6 Å². The molecule has 1 amide bonds. The van der Waals surface area contributed by atoms with Gasteiger partial charge in [-0.15, -0.1) is 0 Å². The van der Waals surface area contributed by atoms with Gasteiger partial charge in [0.2, 0.25) is 5.91 Å². The monoisotopic (exact) mass is 467 g/mol. The van der Waals surface area contributed by atoms with Crippen molar-refractivity contribution in [3.05, 3.63) is 75.4 Å². The summed E-state index contributed by atoms with van der Waals surface area (Å²) in [5, 5.41) is 7.24. The van der Waals surface area contributed by atoms with Crippen LogP contribution in [0, 0.1) is 6.92 Å². The number of aromatic nitrogens is 4. The highest BCUT2D eigenvalue weighted by Gasteiger charge is 2.15. The highest BCUT2D eigenvalue weighted by Crippen LogP contribution is 2.23. The third kappa shape index (κ3) is 4.11. The van der Waals surface area contributed by atoms with E-state index in [-0.39, 0.29) is 18.0 Å². The molecule has 2 heterocycles. The van der Waals surface area contributed by atoms with Gasteiger partial charge in [0.05, 0.1) is 0 Å². The summed E-state index contributed by atoms with van der Waals surface area (Å²) < 4.78 is 8.96. The quantitative estimate of drug-likeness (QED) is 0.483. The smallest absolute Gasteiger partial charge is 0.266 e. The summed E-state index contributed by atoms with van der Waals surface area (Å²) in [4.78, 5) is 29.3. The largest absolute Gasteiger partial charge is 0.457 e. The van der Waals surface area contributed by atoms with Gasteiger partial charge in [-0.05, 0) is 64.8 Å². The van der Waals surface area contributed by atoms with Gasteiger partial charge >= 0.3 is 0 Å². The molecule has 4 aromatic rings. The number of halogens is 1. The molecular weight excluding hydrogens is 450 g/mol. The van der Waals surface area contributed by atoms with Crippen molar-refractivity contribution in [1.29, 1.82) is 0 Å². The lowest BCUT2D eigenvalue weighted by molar-refractivity contribution is -0.116. The maximum Gasteiger partial charge on any atom is 0.266 e. The van der Waals surface area contributed by atoms with Crippen molar-refractivity contribution in [3.8, 4) is 11.5 Å². The second-order valence-corrected chi connectivity index (χ2v) is 7.53. The topological polar surface area (TPSA) is 91.0 Å². The van der Waals surface area contributed by atoms with Crippen molar-refractivity contribution in [1.82, 2.24) is 19.3 Å². The Morgan fingerprint density at radius 1 is 1.17 bits per heavy atom. The van der Waals surface area contributed by atoms with E-state index in [1.54, 1.807) is 31.3 Å². The minimum Gasteiger partial charge on any atom is -0.457 e. The fraction of sp³-hybridized carbons (Fsp3) is 0.143. The Morgan fingerprint density at radius 2 is 1.93 bits per heavy atom. The van der Waals surface area contributed by atoms with Gasteiger partial charge in [0.1, 0.15) is 34.4 Å². The van der Waals surface area contributed by atoms with E-state index in [2.05, 4.69) is 31.3 Å². The number of fused-ring (bicyclic) bond motifs is 1. The zero-order chi connectivity index (χ0) is 21.3. The van der Waals surface area contributed by atoms with Gasteiger partial charge in [-0.1, -0.05) is 12.1 Å². The number of hydrogen-bond acceptors (Lipinski definition) is 5. The summed E-state index contributed by atoms with van der Waals surface area (Å²) >= 11 is 3.26. The fourth-order valence-electron chi connectivity index (χ4n) is 3.02. The molecule has 0 saturated heterocycles. The first-order chi connectivity index (χ1) is 14.4. The molecule has 0 unspecified atom stereocenters. The van der Waals surface area contributed by atoms with Crippen LogP contribution in [0.2, 0.25) is 0 Å². The van der Waals surface area contributed by atoms with Crippen LogP contribution in [-0.4, -0.2) is 25.2 Å². The second kappa shape index (κ2) is 8.11. The number of benzene rings is 2. The lowest BCUT2D eigenvalue weighted by Crippen LogP contribution is -2.28. The Morgan fingerprint density at radius 3 is 2.67 bits per heavy atom. The molecule has 8 nitrogen and oxygen atoms in total. The number of anilines is 1. The molecule has 0 fully saturated rings. The molecule has 0 bridgehead atoms. The predicted octanol–water partition coefficient (Wildman–Crippen LogP) is 3.63. The van der Waals surface area contributed by atoms with Gasteiger partial charge < -0.3 is 10.1 Å². The Bertz CT molecular complexity index is 1290. The van der Waals surface area contributed by atoms with E-state index >= 15 is 0 Å². The third-order valence-corrected chi connectivity index (χ3v) is 5.00. The first-order valence-corrected chi connectivity index (χ1v) is 9.92. The zero-order valence-corrected chi connectivity index (χ0v) is 17.9. The van der Waals surface area contributed by atoms with Crippen LogP contribution in [0.1, 0.15) is 5.56 Å². The number of carbonyl (C=O) groups is 1. The van der Waals surface area contributed by atoms with Crippen LogP contribution in [0.3, 0.4) is 0 Å². The number of hydrogen-bond donors (Lipinski definition) is 1. The van der Waals surface area contributed by atoms with Crippen molar-refractivity contribution in [2.45, 2.75) is 13.5 Å². The summed E-state index contributed by atoms with van der Waals surface area (Å²) in [6.07, 6.45) is 1.34. The Kier molecular flexibility index (Phi) is 5.37. The predicted molar refractivity (Wildman–Crippen MR) is 117 cm³/mol. The molecule has 0 spiro atoms. The van der Waals surface area contributed by atoms with Gasteiger partial charge in [-0.3, -0.25) is 14.2 Å². The molecule has 0 aliphatic heterocycles. The molecule has 30 heavy (non-hydrogen) atoms. The van der Waals surface area contributed by atoms with Crippen LogP contribution in [0.15, 0.2) is 64.3 Å². The van der Waals surface area contributed by atoms with Crippen molar-refractivity contribution < 1.29 is 9.53 Å². The van der Waals surface area contributed by atoms with Crippen molar-refractivity contribution in [2.75, 3.05) is 5.32 Å². The molecule has 4 rings (SSSR count). The number of nitrogens with zero attached hydrogens (tertiary/aromatic N) is 4. The molecule has 0 radical (unpaired) electrons. The molecule has 0 saturated carbocycles. The third-order valence-electron chi connectivity index (χ3n) is 4.45. The molecule has 2 aromatic heterocycles. The van der Waals surface area contributed by atoms with Crippen molar-refractivity contribution in [3.63, 3.8) is 0 Å². The van der Waals surface area contributed by atoms with E-state index in [4.69, 9.17) is 4.74 Å². The summed E-state index contributed by atoms with van der Waals surface area (Å²) in [5.74, 6) is 1.06. The van der Waals surface area contributed by atoms with E-state index < -0.39 is 0 Å². The summed E-state index contributed by atoms with van der Waals surface area (Å²) in [5.41, 5.74) is 1.82. The van der Waals surface area contributed by atoms with E-state index in [1.807, 2.05) is 31.2 Å². The Balaban J connectivity index is 1.44. The molecular formula is C21H18BrN5O3. The number of rotatable bonds is 5. The molecule has 9 heteroatoms. The van der Waals surface area contributed by atoms with Crippen LogP contribution in [0.4, 0.5) is 5.69 Å². The van der Waals surface area contributed by atoms with E-state index in [9.17, 15) is 9.59 Å². The number of ether oxygens (including phenoxy) is 1. The maximum atomic E-state index is 12.6. The molecule has 0 aliphatic carbocycles. The summed E-state index contributed by atoms with van der Waals surface area (Å²) in [6, 6.07) is 14.8. The number of aryl methyl sites for hydroxylation is 2. The average molecular weight is 468 g/mol. The summed E-state index contributed by atoms with van der Waals surface area (Å²) in [7, 11) is 1.70. The first-order valence-electron chi connectivity index (χ1n) is 9.13. The maximum absolute atomic E-state index is 12.6. The highest BCUT2D eigenvalue weighted by molar-refractivity contribution is 9.10. The lowest BCUT2D eigenvalue weighted by Gasteiger charge is -2.09. The number of amides is 1. The van der Waals surface area contributed by atoms with Gasteiger partial charge in [0.25, 0.3) is 5.56 Å². The minimum absolute atomic E-state index is 0.162.